The summed E-state index contributed by atoms with van der Waals surface area (Å²) in [5.74, 6) is 0. The van der Waals surface area contributed by atoms with Gasteiger partial charge in [0.1, 0.15) is 0 Å². The molecule has 0 aliphatic heterocycles. The smallest absolute Gasteiger partial charge is 0.396 e. The van der Waals surface area contributed by atoms with E-state index in [-0.39, 0.29) is 25.1 Å². The van der Waals surface area contributed by atoms with Gasteiger partial charge >= 0.3 is 6.18 Å². The van der Waals surface area contributed by atoms with Gasteiger partial charge in [0, 0.05) is 29.4 Å². The lowest BCUT2D eigenvalue weighted by atomic mass is 10.1. The molecule has 3 rings (SSSR count). The summed E-state index contributed by atoms with van der Waals surface area (Å²) in [7, 11) is 0. The first-order valence-electron chi connectivity index (χ1n) is 7.48. The van der Waals surface area contributed by atoms with E-state index in [1.165, 1.54) is 10.9 Å². The number of aryl methyl sites for hydroxylation is 1. The molecular weight excluding hydrogens is 319 g/mol. The minimum atomic E-state index is -4.54. The molecule has 3 aromatic rings. The zero-order valence-corrected chi connectivity index (χ0v) is 13.0. The topological polar surface area (TPSA) is 50.9 Å². The molecule has 126 valence electrons. The summed E-state index contributed by atoms with van der Waals surface area (Å²) >= 11 is 0. The van der Waals surface area contributed by atoms with E-state index in [2.05, 4.69) is 10.1 Å². The quantitative estimate of drug-likeness (QED) is 0.795. The molecule has 0 amide bonds. The molecule has 0 saturated heterocycles. The van der Waals surface area contributed by atoms with Crippen molar-refractivity contribution in [2.45, 2.75) is 26.1 Å². The van der Waals surface area contributed by atoms with Crippen molar-refractivity contribution in [3.05, 3.63) is 59.0 Å². The van der Waals surface area contributed by atoms with Gasteiger partial charge in [0.2, 0.25) is 0 Å². The number of nitrogens with zero attached hydrogens (tertiary/aromatic N) is 3. The van der Waals surface area contributed by atoms with Gasteiger partial charge in [-0.3, -0.25) is 9.67 Å². The van der Waals surface area contributed by atoms with Crippen LogP contribution in [0.5, 0.6) is 0 Å². The third-order valence-electron chi connectivity index (χ3n) is 3.75. The van der Waals surface area contributed by atoms with E-state index >= 15 is 0 Å². The number of alkyl halides is 3. The fourth-order valence-electron chi connectivity index (χ4n) is 2.79. The molecule has 1 N–H and O–H groups in total. The van der Waals surface area contributed by atoms with Crippen molar-refractivity contribution in [2.24, 2.45) is 0 Å². The first-order chi connectivity index (χ1) is 11.4. The highest BCUT2D eigenvalue weighted by atomic mass is 19.4. The Morgan fingerprint density at radius 2 is 1.92 bits per heavy atom. The van der Waals surface area contributed by atoms with Crippen molar-refractivity contribution in [1.82, 2.24) is 14.8 Å². The van der Waals surface area contributed by atoms with Crippen LogP contribution in [0.4, 0.5) is 13.2 Å². The van der Waals surface area contributed by atoms with Gasteiger partial charge in [-0.05, 0) is 31.0 Å². The fourth-order valence-corrected chi connectivity index (χ4v) is 2.79. The Hall–Kier alpha value is -2.41. The lowest BCUT2D eigenvalue weighted by molar-refractivity contribution is -0.142. The Labute approximate surface area is 136 Å². The first kappa shape index (κ1) is 16.4. The van der Waals surface area contributed by atoms with Crippen LogP contribution in [0.1, 0.15) is 22.5 Å². The standard InChI is InChI=1S/C17H16F3N3O/c1-11-8-13(14-4-2-3-5-15(14)21-11)10-23-9-12(6-7-24)16(22-23)17(18,19)20/h2-5,8-9,24H,6-7,10H2,1H3. The molecular formula is C17H16F3N3O. The summed E-state index contributed by atoms with van der Waals surface area (Å²) in [4.78, 5) is 4.43. The van der Waals surface area contributed by atoms with Gasteiger partial charge in [-0.1, -0.05) is 18.2 Å². The molecule has 0 aliphatic rings. The maximum atomic E-state index is 13.1. The highest BCUT2D eigenvalue weighted by Gasteiger charge is 2.36. The van der Waals surface area contributed by atoms with Gasteiger partial charge in [-0.25, -0.2) is 0 Å². The van der Waals surface area contributed by atoms with Gasteiger partial charge in [0.15, 0.2) is 5.69 Å². The molecule has 0 unspecified atom stereocenters. The summed E-state index contributed by atoms with van der Waals surface area (Å²) in [5.41, 5.74) is 1.50. The number of aliphatic hydroxyl groups is 1. The van der Waals surface area contributed by atoms with Crippen molar-refractivity contribution in [3.63, 3.8) is 0 Å². The Morgan fingerprint density at radius 1 is 1.17 bits per heavy atom. The third kappa shape index (κ3) is 3.26. The molecule has 24 heavy (non-hydrogen) atoms. The summed E-state index contributed by atoms with van der Waals surface area (Å²) in [6, 6.07) is 9.34. The van der Waals surface area contributed by atoms with E-state index in [0.29, 0.717) is 0 Å². The summed E-state index contributed by atoms with van der Waals surface area (Å²) in [6.45, 7) is 1.70. The van der Waals surface area contributed by atoms with Gasteiger partial charge < -0.3 is 5.11 Å². The second kappa shape index (κ2) is 6.24. The monoisotopic (exact) mass is 335 g/mol. The zero-order valence-electron chi connectivity index (χ0n) is 13.0. The highest BCUT2D eigenvalue weighted by Crippen LogP contribution is 2.31. The number of hydrogen-bond acceptors (Lipinski definition) is 3. The molecule has 0 atom stereocenters. The molecule has 0 spiro atoms. The molecule has 4 nitrogen and oxygen atoms in total. The van der Waals surface area contributed by atoms with E-state index in [9.17, 15) is 13.2 Å². The lowest BCUT2D eigenvalue weighted by Gasteiger charge is -2.08. The van der Waals surface area contributed by atoms with Gasteiger partial charge in [0.25, 0.3) is 0 Å². The minimum Gasteiger partial charge on any atom is -0.396 e. The average molecular weight is 335 g/mol. The number of halogens is 3. The Balaban J connectivity index is 2.03. The van der Waals surface area contributed by atoms with Crippen LogP contribution in [-0.2, 0) is 19.1 Å². The highest BCUT2D eigenvalue weighted by molar-refractivity contribution is 5.82. The average Bonchev–Trinajstić information content (AvgIpc) is 2.90. The maximum absolute atomic E-state index is 13.1. The molecule has 7 heteroatoms. The van der Waals surface area contributed by atoms with Crippen molar-refractivity contribution >= 4 is 10.9 Å². The predicted molar refractivity (Wildman–Crippen MR) is 83.6 cm³/mol. The molecule has 0 bridgehead atoms. The number of para-hydroxylation sites is 1. The Morgan fingerprint density at radius 3 is 2.62 bits per heavy atom. The molecule has 2 aromatic heterocycles. The number of pyridine rings is 1. The Bertz CT molecular complexity index is 871. The molecule has 2 heterocycles. The SMILES string of the molecule is Cc1cc(Cn2cc(CCO)c(C(F)(F)F)n2)c2ccccc2n1. The fraction of sp³-hybridized carbons (Fsp3) is 0.294. The van der Waals surface area contributed by atoms with Crippen LogP contribution in [0.2, 0.25) is 0 Å². The largest absolute Gasteiger partial charge is 0.435 e. The second-order valence-electron chi connectivity index (χ2n) is 5.61. The number of fused-ring (bicyclic) bond motifs is 1. The lowest BCUT2D eigenvalue weighted by Crippen LogP contribution is -2.11. The first-order valence-corrected chi connectivity index (χ1v) is 7.48. The number of benzene rings is 1. The van der Waals surface area contributed by atoms with Gasteiger partial charge in [-0.2, -0.15) is 18.3 Å². The van der Waals surface area contributed by atoms with Crippen LogP contribution in [0, 0.1) is 6.92 Å². The minimum absolute atomic E-state index is 0.0000774. The summed E-state index contributed by atoms with van der Waals surface area (Å²) in [6.07, 6.45) is -3.26. The van der Waals surface area contributed by atoms with Gasteiger partial charge in [-0.15, -0.1) is 0 Å². The van der Waals surface area contributed by atoms with Crippen molar-refractivity contribution in [2.75, 3.05) is 6.61 Å². The van der Waals surface area contributed by atoms with E-state index in [1.54, 1.807) is 0 Å². The number of aromatic nitrogens is 3. The Kier molecular flexibility index (Phi) is 4.28. The molecule has 0 aliphatic carbocycles. The van der Waals surface area contributed by atoms with E-state index in [0.717, 1.165) is 22.2 Å². The van der Waals surface area contributed by atoms with E-state index in [1.807, 2.05) is 37.3 Å². The molecule has 1 aromatic carbocycles. The predicted octanol–water partition coefficient (Wildman–Crippen LogP) is 3.34. The van der Waals surface area contributed by atoms with Crippen LogP contribution in [-0.4, -0.2) is 26.5 Å². The summed E-state index contributed by atoms with van der Waals surface area (Å²) in [5, 5.41) is 13.6. The van der Waals surface area contributed by atoms with Crippen LogP contribution in [0.3, 0.4) is 0 Å². The maximum Gasteiger partial charge on any atom is 0.435 e. The van der Waals surface area contributed by atoms with E-state index in [4.69, 9.17) is 5.11 Å². The molecule has 0 saturated carbocycles. The molecule has 0 radical (unpaired) electrons. The second-order valence-corrected chi connectivity index (χ2v) is 5.61. The summed E-state index contributed by atoms with van der Waals surface area (Å²) < 4.78 is 40.5. The van der Waals surface area contributed by atoms with Crippen LogP contribution in [0.15, 0.2) is 36.5 Å². The van der Waals surface area contributed by atoms with E-state index < -0.39 is 11.9 Å². The number of rotatable bonds is 4. The zero-order chi connectivity index (χ0) is 17.3. The van der Waals surface area contributed by atoms with Crippen LogP contribution >= 0.6 is 0 Å². The van der Waals surface area contributed by atoms with Crippen molar-refractivity contribution < 1.29 is 18.3 Å². The number of aliphatic hydroxyl groups excluding tert-OH is 1. The van der Waals surface area contributed by atoms with Crippen LogP contribution in [0.25, 0.3) is 10.9 Å². The van der Waals surface area contributed by atoms with Crippen LogP contribution < -0.4 is 0 Å². The third-order valence-corrected chi connectivity index (χ3v) is 3.75. The van der Waals surface area contributed by atoms with Crippen molar-refractivity contribution in [3.8, 4) is 0 Å². The van der Waals surface area contributed by atoms with Crippen molar-refractivity contribution in [1.29, 1.82) is 0 Å². The van der Waals surface area contributed by atoms with Gasteiger partial charge in [0.05, 0.1) is 12.1 Å². The number of hydrogen-bond donors (Lipinski definition) is 1. The molecule has 0 fully saturated rings. The normalized spacial score (nSPS) is 12.0.